The van der Waals surface area contributed by atoms with Gasteiger partial charge in [0.2, 0.25) is 0 Å². The Morgan fingerprint density at radius 1 is 1.24 bits per heavy atom. The molecule has 2 aromatic rings. The third-order valence-electron chi connectivity index (χ3n) is 2.99. The number of benzene rings is 2. The van der Waals surface area contributed by atoms with Gasteiger partial charge in [-0.05, 0) is 39.2 Å². The Bertz CT molecular complexity index is 659. The number of aliphatic hydroxyl groups is 1. The van der Waals surface area contributed by atoms with Gasteiger partial charge in [0.15, 0.2) is 0 Å². The van der Waals surface area contributed by atoms with Gasteiger partial charge in [-0.3, -0.25) is 4.79 Å². The number of rotatable bonds is 4. The van der Waals surface area contributed by atoms with Gasteiger partial charge in [0.05, 0.1) is 17.9 Å². The van der Waals surface area contributed by atoms with E-state index < -0.39 is 5.82 Å². The summed E-state index contributed by atoms with van der Waals surface area (Å²) in [4.78, 5) is 12.1. The molecule has 2 rings (SSSR count). The highest BCUT2D eigenvalue weighted by Gasteiger charge is 2.13. The van der Waals surface area contributed by atoms with Crippen LogP contribution in [0.1, 0.15) is 21.5 Å². The van der Waals surface area contributed by atoms with Gasteiger partial charge in [0, 0.05) is 11.0 Å². The van der Waals surface area contributed by atoms with Crippen LogP contribution in [0.15, 0.2) is 40.9 Å². The summed E-state index contributed by atoms with van der Waals surface area (Å²) in [6.07, 6.45) is 0. The first-order chi connectivity index (χ1) is 10.0. The summed E-state index contributed by atoms with van der Waals surface area (Å²) in [6.45, 7) is 0.308. The van der Waals surface area contributed by atoms with Crippen molar-refractivity contribution in [1.29, 1.82) is 0 Å². The third-order valence-corrected chi connectivity index (χ3v) is 3.65. The van der Waals surface area contributed by atoms with E-state index in [9.17, 15) is 9.18 Å². The number of halogens is 2. The van der Waals surface area contributed by atoms with E-state index in [2.05, 4.69) is 21.2 Å². The van der Waals surface area contributed by atoms with Gasteiger partial charge in [-0.2, -0.15) is 0 Å². The summed E-state index contributed by atoms with van der Waals surface area (Å²) in [6, 6.07) is 9.67. The van der Waals surface area contributed by atoms with Crippen LogP contribution in [0.4, 0.5) is 10.1 Å². The van der Waals surface area contributed by atoms with Crippen LogP contribution in [0.2, 0.25) is 0 Å². The molecule has 2 aromatic carbocycles. The summed E-state index contributed by atoms with van der Waals surface area (Å²) < 4.78 is 13.6. The predicted molar refractivity (Wildman–Crippen MR) is 82.0 cm³/mol. The number of carbonyl (C=O) groups is 1. The second kappa shape index (κ2) is 6.69. The van der Waals surface area contributed by atoms with E-state index in [1.54, 1.807) is 12.1 Å². The molecule has 0 unspecified atom stereocenters. The number of aliphatic hydroxyl groups excluding tert-OH is 1. The smallest absolute Gasteiger partial charge is 0.252 e. The van der Waals surface area contributed by atoms with Crippen molar-refractivity contribution in [2.45, 2.75) is 13.2 Å². The molecule has 0 heterocycles. The molecule has 4 N–H and O–H groups in total. The lowest BCUT2D eigenvalue weighted by atomic mass is 10.1. The molecule has 21 heavy (non-hydrogen) atoms. The first-order valence-corrected chi connectivity index (χ1v) is 7.02. The summed E-state index contributed by atoms with van der Waals surface area (Å²) >= 11 is 3.14. The van der Waals surface area contributed by atoms with Crippen molar-refractivity contribution in [1.82, 2.24) is 5.32 Å². The van der Waals surface area contributed by atoms with E-state index in [0.717, 1.165) is 11.1 Å². The molecule has 4 nitrogen and oxygen atoms in total. The van der Waals surface area contributed by atoms with Crippen molar-refractivity contribution in [3.8, 4) is 0 Å². The van der Waals surface area contributed by atoms with Gasteiger partial charge in [-0.1, -0.05) is 24.3 Å². The number of hydrogen-bond acceptors (Lipinski definition) is 3. The van der Waals surface area contributed by atoms with E-state index in [-0.39, 0.29) is 23.8 Å². The quantitative estimate of drug-likeness (QED) is 0.740. The fourth-order valence-corrected chi connectivity index (χ4v) is 2.28. The minimum Gasteiger partial charge on any atom is -0.396 e. The maximum Gasteiger partial charge on any atom is 0.252 e. The molecule has 110 valence electrons. The largest absolute Gasteiger partial charge is 0.396 e. The molecule has 0 saturated carbocycles. The monoisotopic (exact) mass is 352 g/mol. The van der Waals surface area contributed by atoms with Gasteiger partial charge in [0.25, 0.3) is 5.91 Å². The molecule has 0 aliphatic heterocycles. The van der Waals surface area contributed by atoms with Crippen LogP contribution >= 0.6 is 15.9 Å². The molecule has 1 amide bonds. The fourth-order valence-electron chi connectivity index (χ4n) is 1.78. The Labute approximate surface area is 129 Å². The van der Waals surface area contributed by atoms with Crippen molar-refractivity contribution < 1.29 is 14.3 Å². The van der Waals surface area contributed by atoms with Crippen molar-refractivity contribution in [2.75, 3.05) is 5.73 Å². The number of nitrogens with one attached hydrogen (secondary N) is 1. The zero-order chi connectivity index (χ0) is 15.4. The lowest BCUT2D eigenvalue weighted by Gasteiger charge is -2.09. The highest BCUT2D eigenvalue weighted by atomic mass is 79.9. The van der Waals surface area contributed by atoms with Gasteiger partial charge in [0.1, 0.15) is 5.82 Å². The first kappa shape index (κ1) is 15.5. The molecule has 0 aromatic heterocycles. The van der Waals surface area contributed by atoms with Crippen LogP contribution in [0.3, 0.4) is 0 Å². The third kappa shape index (κ3) is 3.80. The number of amides is 1. The highest BCUT2D eigenvalue weighted by molar-refractivity contribution is 9.10. The Morgan fingerprint density at radius 2 is 1.86 bits per heavy atom. The van der Waals surface area contributed by atoms with Gasteiger partial charge in [-0.15, -0.1) is 0 Å². The van der Waals surface area contributed by atoms with Crippen molar-refractivity contribution in [2.24, 2.45) is 0 Å². The van der Waals surface area contributed by atoms with Gasteiger partial charge >= 0.3 is 0 Å². The SMILES string of the molecule is Nc1cc(C(=O)NCc2ccc(CO)cc2)c(Br)cc1F. The number of nitrogen functional groups attached to an aromatic ring is 1. The average Bonchev–Trinajstić information content (AvgIpc) is 2.49. The molecule has 0 radical (unpaired) electrons. The second-order valence-corrected chi connectivity index (χ2v) is 5.37. The molecule has 0 bridgehead atoms. The minimum absolute atomic E-state index is 0.0194. The van der Waals surface area contributed by atoms with Crippen molar-refractivity contribution >= 4 is 27.5 Å². The molecule has 6 heteroatoms. The summed E-state index contributed by atoms with van der Waals surface area (Å²) in [5.41, 5.74) is 7.37. The van der Waals surface area contributed by atoms with Crippen LogP contribution < -0.4 is 11.1 Å². The number of nitrogens with two attached hydrogens (primary N) is 1. The highest BCUT2D eigenvalue weighted by Crippen LogP contribution is 2.22. The van der Waals surface area contributed by atoms with E-state index in [1.165, 1.54) is 12.1 Å². The van der Waals surface area contributed by atoms with Crippen molar-refractivity contribution in [3.63, 3.8) is 0 Å². The van der Waals surface area contributed by atoms with Crippen LogP contribution in [0, 0.1) is 5.82 Å². The Balaban J connectivity index is 2.06. The van der Waals surface area contributed by atoms with Crippen molar-refractivity contribution in [3.05, 3.63) is 63.4 Å². The Kier molecular flexibility index (Phi) is 4.93. The molecular formula is C15H14BrFN2O2. The number of hydrogen-bond donors (Lipinski definition) is 3. The minimum atomic E-state index is -0.571. The predicted octanol–water partition coefficient (Wildman–Crippen LogP) is 2.59. The molecule has 0 fully saturated rings. The topological polar surface area (TPSA) is 75.4 Å². The maximum atomic E-state index is 13.2. The van der Waals surface area contributed by atoms with Crippen LogP contribution in [-0.2, 0) is 13.2 Å². The molecule has 0 spiro atoms. The van der Waals surface area contributed by atoms with Crippen LogP contribution in [-0.4, -0.2) is 11.0 Å². The standard InChI is InChI=1S/C15H14BrFN2O2/c16-12-6-13(17)14(18)5-11(12)15(21)19-7-9-1-3-10(8-20)4-2-9/h1-6,20H,7-8,18H2,(H,19,21). The maximum absolute atomic E-state index is 13.2. The van der Waals surface area contributed by atoms with E-state index in [0.29, 0.717) is 11.0 Å². The fraction of sp³-hybridized carbons (Fsp3) is 0.133. The zero-order valence-corrected chi connectivity index (χ0v) is 12.7. The summed E-state index contributed by atoms with van der Waals surface area (Å²) in [5, 5.41) is 11.7. The summed E-state index contributed by atoms with van der Waals surface area (Å²) in [5.74, 6) is -0.919. The van der Waals surface area contributed by atoms with E-state index in [4.69, 9.17) is 10.8 Å². The number of carbonyl (C=O) groups excluding carboxylic acids is 1. The van der Waals surface area contributed by atoms with Crippen LogP contribution in [0.25, 0.3) is 0 Å². The lowest BCUT2D eigenvalue weighted by molar-refractivity contribution is 0.0950. The molecule has 0 atom stereocenters. The number of anilines is 1. The Morgan fingerprint density at radius 3 is 2.48 bits per heavy atom. The van der Waals surface area contributed by atoms with Gasteiger partial charge in [-0.25, -0.2) is 4.39 Å². The molecular weight excluding hydrogens is 339 g/mol. The Hall–Kier alpha value is -1.92. The molecule has 0 aliphatic carbocycles. The second-order valence-electron chi connectivity index (χ2n) is 4.51. The summed E-state index contributed by atoms with van der Waals surface area (Å²) in [7, 11) is 0. The molecule has 0 aliphatic rings. The van der Waals surface area contributed by atoms with Crippen LogP contribution in [0.5, 0.6) is 0 Å². The van der Waals surface area contributed by atoms with E-state index >= 15 is 0 Å². The molecule has 0 saturated heterocycles. The average molecular weight is 353 g/mol. The van der Waals surface area contributed by atoms with E-state index in [1.807, 2.05) is 12.1 Å². The normalized spacial score (nSPS) is 10.4. The first-order valence-electron chi connectivity index (χ1n) is 6.22. The lowest BCUT2D eigenvalue weighted by Crippen LogP contribution is -2.23. The van der Waals surface area contributed by atoms with Gasteiger partial charge < -0.3 is 16.2 Å². The zero-order valence-electron chi connectivity index (χ0n) is 11.1.